The Morgan fingerprint density at radius 2 is 1.92 bits per heavy atom. The Morgan fingerprint density at radius 3 is 2.50 bits per heavy atom. The Kier molecular flexibility index (Phi) is 4.36. The summed E-state index contributed by atoms with van der Waals surface area (Å²) in [7, 11) is 0. The highest BCUT2D eigenvalue weighted by Crippen LogP contribution is 2.28. The average Bonchev–Trinajstić information content (AvgIpc) is 3.16. The number of imidazole rings is 1. The summed E-state index contributed by atoms with van der Waals surface area (Å²) in [6.45, 7) is 0. The number of hydrogen-bond donors (Lipinski definition) is 1. The Bertz CT molecular complexity index is 975. The quantitative estimate of drug-likeness (QED) is 0.777. The molecule has 1 N–H and O–H groups in total. The summed E-state index contributed by atoms with van der Waals surface area (Å²) in [5.74, 6) is -1.17. The Morgan fingerprint density at radius 1 is 1.19 bits per heavy atom. The molecule has 1 aromatic carbocycles. The van der Waals surface area contributed by atoms with E-state index in [1.165, 1.54) is 43.0 Å². The summed E-state index contributed by atoms with van der Waals surface area (Å²) in [4.78, 5) is 23.3. The van der Waals surface area contributed by atoms with Crippen LogP contribution in [0.3, 0.4) is 0 Å². The number of hydrogen-bond acceptors (Lipinski definition) is 5. The molecule has 7 nitrogen and oxygen atoms in total. The molecule has 0 bridgehead atoms. The Balaban J connectivity index is 1.96. The summed E-state index contributed by atoms with van der Waals surface area (Å²) >= 11 is 0. The van der Waals surface area contributed by atoms with Crippen molar-refractivity contribution in [3.05, 3.63) is 66.0 Å². The van der Waals surface area contributed by atoms with Gasteiger partial charge in [-0.05, 0) is 24.3 Å². The molecule has 3 aromatic rings. The van der Waals surface area contributed by atoms with Crippen LogP contribution in [0.5, 0.6) is 0 Å². The molecular formula is C16H9F3N6O. The van der Waals surface area contributed by atoms with Crippen LogP contribution in [0.1, 0.15) is 21.7 Å². The van der Waals surface area contributed by atoms with E-state index in [1.54, 1.807) is 0 Å². The minimum Gasteiger partial charge on any atom is -0.321 e. The van der Waals surface area contributed by atoms with E-state index in [0.29, 0.717) is 17.3 Å². The van der Waals surface area contributed by atoms with Crippen LogP contribution >= 0.6 is 0 Å². The van der Waals surface area contributed by atoms with Crippen molar-refractivity contribution in [3.8, 4) is 12.0 Å². The zero-order valence-electron chi connectivity index (χ0n) is 12.9. The topological polar surface area (TPSA) is 96.5 Å². The number of halogens is 3. The summed E-state index contributed by atoms with van der Waals surface area (Å²) in [5, 5.41) is 11.2. The number of nitrogens with zero attached hydrogens (tertiary/aromatic N) is 5. The molecule has 2 aromatic heterocycles. The van der Waals surface area contributed by atoms with E-state index in [2.05, 4.69) is 20.3 Å². The number of carbonyl (C=O) groups is 1. The fourth-order valence-corrected chi connectivity index (χ4v) is 2.01. The maximum Gasteiger partial charge on any atom is 0.433 e. The highest BCUT2D eigenvalue weighted by atomic mass is 19.4. The molecule has 0 radical (unpaired) electrons. The second-order valence-electron chi connectivity index (χ2n) is 5.05. The second kappa shape index (κ2) is 6.64. The number of benzene rings is 1. The van der Waals surface area contributed by atoms with Crippen molar-refractivity contribution in [2.24, 2.45) is 0 Å². The average molecular weight is 358 g/mol. The Hall–Kier alpha value is -3.74. The summed E-state index contributed by atoms with van der Waals surface area (Å²) in [5.41, 5.74) is -1.02. The zero-order chi connectivity index (χ0) is 18.7. The van der Waals surface area contributed by atoms with Crippen LogP contribution < -0.4 is 5.32 Å². The molecule has 0 fully saturated rings. The lowest BCUT2D eigenvalue weighted by atomic mass is 10.2. The minimum atomic E-state index is -4.75. The standard InChI is InChI=1S/C16H9F3N6O/c17-16(18,19)13-7-12(23-15(24-13)25-6-5-21-9-25)14(26)22-11-3-1-10(8-20)2-4-11/h1-7,9H,(H,22,26). The molecule has 0 spiro atoms. The molecule has 1 amide bonds. The number of nitriles is 1. The molecule has 0 saturated heterocycles. The summed E-state index contributed by atoms with van der Waals surface area (Å²) < 4.78 is 40.4. The van der Waals surface area contributed by atoms with Crippen molar-refractivity contribution in [2.75, 3.05) is 5.32 Å². The first-order valence-corrected chi connectivity index (χ1v) is 7.13. The number of amides is 1. The van der Waals surface area contributed by atoms with Gasteiger partial charge in [0.2, 0.25) is 5.95 Å². The van der Waals surface area contributed by atoms with E-state index in [4.69, 9.17) is 5.26 Å². The molecule has 0 aliphatic carbocycles. The van der Waals surface area contributed by atoms with Crippen LogP contribution in [-0.4, -0.2) is 25.4 Å². The van der Waals surface area contributed by atoms with E-state index in [0.717, 1.165) is 4.57 Å². The van der Waals surface area contributed by atoms with Gasteiger partial charge >= 0.3 is 6.18 Å². The van der Waals surface area contributed by atoms with Crippen LogP contribution in [0, 0.1) is 11.3 Å². The van der Waals surface area contributed by atoms with Gasteiger partial charge in [0.25, 0.3) is 5.91 Å². The third-order valence-electron chi connectivity index (χ3n) is 3.24. The van der Waals surface area contributed by atoms with E-state index < -0.39 is 23.5 Å². The number of anilines is 1. The molecule has 26 heavy (non-hydrogen) atoms. The van der Waals surface area contributed by atoms with E-state index in [9.17, 15) is 18.0 Å². The number of nitrogens with one attached hydrogen (secondary N) is 1. The lowest BCUT2D eigenvalue weighted by Crippen LogP contribution is -2.19. The molecule has 0 atom stereocenters. The smallest absolute Gasteiger partial charge is 0.321 e. The van der Waals surface area contributed by atoms with Gasteiger partial charge in [-0.3, -0.25) is 9.36 Å². The van der Waals surface area contributed by atoms with Crippen molar-refractivity contribution in [2.45, 2.75) is 6.18 Å². The predicted octanol–water partition coefficient (Wildman–Crippen LogP) is 2.81. The van der Waals surface area contributed by atoms with Crippen LogP contribution in [-0.2, 0) is 6.18 Å². The van der Waals surface area contributed by atoms with Crippen LogP contribution in [0.15, 0.2) is 49.1 Å². The molecule has 0 unspecified atom stereocenters. The van der Waals surface area contributed by atoms with Gasteiger partial charge in [0.1, 0.15) is 12.0 Å². The van der Waals surface area contributed by atoms with Gasteiger partial charge in [0.05, 0.1) is 11.6 Å². The van der Waals surface area contributed by atoms with Gasteiger partial charge in [-0.1, -0.05) is 0 Å². The molecular weight excluding hydrogens is 349 g/mol. The van der Waals surface area contributed by atoms with Gasteiger partial charge < -0.3 is 5.32 Å². The zero-order valence-corrected chi connectivity index (χ0v) is 12.9. The SMILES string of the molecule is N#Cc1ccc(NC(=O)c2cc(C(F)(F)F)nc(-n3ccnc3)n2)cc1. The van der Waals surface area contributed by atoms with Crippen molar-refractivity contribution in [3.63, 3.8) is 0 Å². The maximum absolute atomic E-state index is 13.1. The van der Waals surface area contributed by atoms with E-state index in [1.807, 2.05) is 6.07 Å². The predicted molar refractivity (Wildman–Crippen MR) is 83.3 cm³/mol. The lowest BCUT2D eigenvalue weighted by Gasteiger charge is -2.11. The van der Waals surface area contributed by atoms with Crippen molar-refractivity contribution >= 4 is 11.6 Å². The fourth-order valence-electron chi connectivity index (χ4n) is 2.01. The van der Waals surface area contributed by atoms with E-state index >= 15 is 0 Å². The van der Waals surface area contributed by atoms with Gasteiger partial charge in [-0.25, -0.2) is 15.0 Å². The molecule has 130 valence electrons. The third kappa shape index (κ3) is 3.67. The molecule has 0 saturated carbocycles. The maximum atomic E-state index is 13.1. The second-order valence-corrected chi connectivity index (χ2v) is 5.05. The number of alkyl halides is 3. The van der Waals surface area contributed by atoms with Gasteiger partial charge in [0, 0.05) is 24.1 Å². The first-order chi connectivity index (χ1) is 12.4. The largest absolute Gasteiger partial charge is 0.433 e. The van der Waals surface area contributed by atoms with Crippen molar-refractivity contribution < 1.29 is 18.0 Å². The number of carbonyl (C=O) groups excluding carboxylic acids is 1. The molecule has 0 aliphatic rings. The van der Waals surface area contributed by atoms with Gasteiger partial charge in [-0.15, -0.1) is 0 Å². The van der Waals surface area contributed by atoms with Crippen LogP contribution in [0.2, 0.25) is 0 Å². The monoisotopic (exact) mass is 358 g/mol. The van der Waals surface area contributed by atoms with E-state index in [-0.39, 0.29) is 5.95 Å². The molecule has 2 heterocycles. The number of aromatic nitrogens is 4. The summed E-state index contributed by atoms with van der Waals surface area (Å²) in [6, 6.07) is 8.33. The van der Waals surface area contributed by atoms with Crippen molar-refractivity contribution in [1.82, 2.24) is 19.5 Å². The first kappa shape index (κ1) is 17.1. The first-order valence-electron chi connectivity index (χ1n) is 7.13. The van der Waals surface area contributed by atoms with Gasteiger partial charge in [-0.2, -0.15) is 18.4 Å². The number of rotatable bonds is 3. The molecule has 3 rings (SSSR count). The molecule has 10 heteroatoms. The normalized spacial score (nSPS) is 11.0. The summed E-state index contributed by atoms with van der Waals surface area (Å²) in [6.07, 6.45) is -0.822. The van der Waals surface area contributed by atoms with Gasteiger partial charge in [0.15, 0.2) is 5.69 Å². The molecule has 0 aliphatic heterocycles. The highest BCUT2D eigenvalue weighted by Gasteiger charge is 2.34. The fraction of sp³-hybridized carbons (Fsp3) is 0.0625. The third-order valence-corrected chi connectivity index (χ3v) is 3.24. The highest BCUT2D eigenvalue weighted by molar-refractivity contribution is 6.03. The van der Waals surface area contributed by atoms with Crippen molar-refractivity contribution in [1.29, 1.82) is 5.26 Å². The minimum absolute atomic E-state index is 0.311. The van der Waals surface area contributed by atoms with Crippen LogP contribution in [0.4, 0.5) is 18.9 Å². The lowest BCUT2D eigenvalue weighted by molar-refractivity contribution is -0.141. The van der Waals surface area contributed by atoms with Crippen LogP contribution in [0.25, 0.3) is 5.95 Å². The Labute approximate surface area is 144 Å².